The van der Waals surface area contributed by atoms with E-state index in [-0.39, 0.29) is 0 Å². The summed E-state index contributed by atoms with van der Waals surface area (Å²) in [5, 5.41) is 0. The van der Waals surface area contributed by atoms with Gasteiger partial charge in [-0.1, -0.05) is 12.1 Å². The van der Waals surface area contributed by atoms with Crippen molar-refractivity contribution in [2.75, 3.05) is 7.11 Å². The van der Waals surface area contributed by atoms with Crippen LogP contribution in [0.5, 0.6) is 5.75 Å². The quantitative estimate of drug-likeness (QED) is 0.764. The van der Waals surface area contributed by atoms with E-state index < -0.39 is 0 Å². The van der Waals surface area contributed by atoms with E-state index in [9.17, 15) is 0 Å². The zero-order chi connectivity index (χ0) is 10.8. The lowest BCUT2D eigenvalue weighted by molar-refractivity contribution is 0.415. The Balaban J connectivity index is 2.53. The zero-order valence-electron chi connectivity index (χ0n) is 8.63. The summed E-state index contributed by atoms with van der Waals surface area (Å²) in [7, 11) is 1.66. The second-order valence-corrected chi connectivity index (χ2v) is 3.72. The minimum atomic E-state index is 0.644. The Hall–Kier alpha value is -1.55. The predicted octanol–water partition coefficient (Wildman–Crippen LogP) is 3.06. The molecule has 4 heteroatoms. The lowest BCUT2D eigenvalue weighted by atomic mass is 10.1. The van der Waals surface area contributed by atoms with Gasteiger partial charge in [-0.3, -0.25) is 0 Å². The SMILES string of the molecule is COc1cccc(-c2[nH]c(=S)[nH]c2C)c1. The minimum Gasteiger partial charge on any atom is -0.497 e. The van der Waals surface area contributed by atoms with Crippen LogP contribution in [0.2, 0.25) is 0 Å². The number of aromatic nitrogens is 2. The van der Waals surface area contributed by atoms with Crippen LogP contribution in [0.1, 0.15) is 5.69 Å². The average Bonchev–Trinajstić information content (AvgIpc) is 2.58. The normalized spacial score (nSPS) is 10.3. The van der Waals surface area contributed by atoms with Gasteiger partial charge in [0.15, 0.2) is 4.77 Å². The highest BCUT2D eigenvalue weighted by Crippen LogP contribution is 2.24. The third-order valence-corrected chi connectivity index (χ3v) is 2.48. The number of H-pyrrole nitrogens is 2. The van der Waals surface area contributed by atoms with Crippen LogP contribution in [-0.2, 0) is 0 Å². The van der Waals surface area contributed by atoms with E-state index in [1.165, 1.54) is 0 Å². The standard InChI is InChI=1S/C11H12N2OS/c1-7-10(13-11(15)12-7)8-4-3-5-9(6-8)14-2/h3-6H,1-2H3,(H2,12,13,15). The molecule has 0 amide bonds. The number of imidazole rings is 1. The first-order chi connectivity index (χ1) is 7.20. The molecule has 2 rings (SSSR count). The Labute approximate surface area is 93.1 Å². The molecule has 0 unspecified atom stereocenters. The van der Waals surface area contributed by atoms with Crippen molar-refractivity contribution in [3.05, 3.63) is 34.7 Å². The molecule has 0 radical (unpaired) electrons. The molecule has 0 saturated heterocycles. The maximum Gasteiger partial charge on any atom is 0.175 e. The molecule has 1 aromatic carbocycles. The summed E-state index contributed by atoms with van der Waals surface area (Å²) in [6, 6.07) is 7.86. The molecule has 0 atom stereocenters. The highest BCUT2D eigenvalue weighted by Gasteiger charge is 2.04. The van der Waals surface area contributed by atoms with Gasteiger partial charge in [0, 0.05) is 11.3 Å². The lowest BCUT2D eigenvalue weighted by Crippen LogP contribution is -1.85. The van der Waals surface area contributed by atoms with Crippen LogP contribution in [0.3, 0.4) is 0 Å². The van der Waals surface area contributed by atoms with Gasteiger partial charge >= 0.3 is 0 Å². The number of hydrogen-bond acceptors (Lipinski definition) is 2. The van der Waals surface area contributed by atoms with E-state index in [2.05, 4.69) is 9.97 Å². The van der Waals surface area contributed by atoms with Gasteiger partial charge in [-0.2, -0.15) is 0 Å². The highest BCUT2D eigenvalue weighted by atomic mass is 32.1. The van der Waals surface area contributed by atoms with Gasteiger partial charge in [0.2, 0.25) is 0 Å². The first kappa shape index (κ1) is 9.98. The fourth-order valence-electron chi connectivity index (χ4n) is 1.54. The highest BCUT2D eigenvalue weighted by molar-refractivity contribution is 7.71. The number of aromatic amines is 2. The van der Waals surface area contributed by atoms with Gasteiger partial charge in [-0.15, -0.1) is 0 Å². The van der Waals surface area contributed by atoms with Gasteiger partial charge in [0.25, 0.3) is 0 Å². The van der Waals surface area contributed by atoms with E-state index in [1.807, 2.05) is 31.2 Å². The number of rotatable bonds is 2. The van der Waals surface area contributed by atoms with Crippen molar-refractivity contribution >= 4 is 12.2 Å². The van der Waals surface area contributed by atoms with Gasteiger partial charge in [-0.25, -0.2) is 0 Å². The first-order valence-electron chi connectivity index (χ1n) is 4.64. The number of nitrogens with one attached hydrogen (secondary N) is 2. The fourth-order valence-corrected chi connectivity index (χ4v) is 1.79. The van der Waals surface area contributed by atoms with Gasteiger partial charge in [-0.05, 0) is 31.3 Å². The molecule has 0 aliphatic heterocycles. The summed E-state index contributed by atoms with van der Waals surface area (Å²) in [5.74, 6) is 0.840. The van der Waals surface area contributed by atoms with Crippen molar-refractivity contribution < 1.29 is 4.74 Å². The minimum absolute atomic E-state index is 0.644. The Kier molecular flexibility index (Phi) is 2.60. The molecular formula is C11H12N2OS. The summed E-state index contributed by atoms with van der Waals surface area (Å²) < 4.78 is 5.82. The fraction of sp³-hybridized carbons (Fsp3) is 0.182. The molecule has 0 saturated carbocycles. The Morgan fingerprint density at radius 3 is 2.67 bits per heavy atom. The number of hydrogen-bond donors (Lipinski definition) is 2. The maximum atomic E-state index is 5.17. The molecule has 15 heavy (non-hydrogen) atoms. The predicted molar refractivity (Wildman–Crippen MR) is 62.7 cm³/mol. The molecule has 2 N–H and O–H groups in total. The third-order valence-electron chi connectivity index (χ3n) is 2.27. The summed E-state index contributed by atoms with van der Waals surface area (Å²) in [6.45, 7) is 1.99. The number of methoxy groups -OCH3 is 1. The van der Waals surface area contributed by atoms with Crippen LogP contribution in [0.4, 0.5) is 0 Å². The van der Waals surface area contributed by atoms with Crippen LogP contribution in [0.25, 0.3) is 11.3 Å². The average molecular weight is 220 g/mol. The number of benzene rings is 1. The molecule has 1 aromatic heterocycles. The van der Waals surface area contributed by atoms with Crippen LogP contribution in [-0.4, -0.2) is 17.1 Å². The van der Waals surface area contributed by atoms with E-state index in [0.29, 0.717) is 4.77 Å². The zero-order valence-corrected chi connectivity index (χ0v) is 9.44. The largest absolute Gasteiger partial charge is 0.497 e. The van der Waals surface area contributed by atoms with Crippen LogP contribution in [0.15, 0.2) is 24.3 Å². The first-order valence-corrected chi connectivity index (χ1v) is 5.05. The molecular weight excluding hydrogens is 208 g/mol. The Morgan fingerprint density at radius 1 is 1.27 bits per heavy atom. The summed E-state index contributed by atoms with van der Waals surface area (Å²) in [5.41, 5.74) is 3.12. The monoisotopic (exact) mass is 220 g/mol. The number of aryl methyl sites for hydroxylation is 1. The molecule has 2 aromatic rings. The van der Waals surface area contributed by atoms with Crippen LogP contribution in [0, 0.1) is 11.7 Å². The van der Waals surface area contributed by atoms with E-state index in [4.69, 9.17) is 17.0 Å². The van der Waals surface area contributed by atoms with Crippen LogP contribution < -0.4 is 4.74 Å². The van der Waals surface area contributed by atoms with Crippen molar-refractivity contribution in [1.82, 2.24) is 9.97 Å². The van der Waals surface area contributed by atoms with Crippen molar-refractivity contribution in [3.8, 4) is 17.0 Å². The van der Waals surface area contributed by atoms with Crippen molar-refractivity contribution in [2.45, 2.75) is 6.92 Å². The molecule has 1 heterocycles. The maximum absolute atomic E-state index is 5.17. The summed E-state index contributed by atoms with van der Waals surface area (Å²) in [4.78, 5) is 6.18. The molecule has 0 fully saturated rings. The van der Waals surface area contributed by atoms with Crippen molar-refractivity contribution in [2.24, 2.45) is 0 Å². The van der Waals surface area contributed by atoms with E-state index in [0.717, 1.165) is 22.7 Å². The molecule has 0 aliphatic rings. The third kappa shape index (κ3) is 1.94. The summed E-state index contributed by atoms with van der Waals surface area (Å²) in [6.07, 6.45) is 0. The molecule has 0 spiro atoms. The van der Waals surface area contributed by atoms with Crippen LogP contribution >= 0.6 is 12.2 Å². The van der Waals surface area contributed by atoms with Gasteiger partial charge in [0.05, 0.1) is 12.8 Å². The topological polar surface area (TPSA) is 40.8 Å². The van der Waals surface area contributed by atoms with Gasteiger partial charge < -0.3 is 14.7 Å². The van der Waals surface area contributed by atoms with Gasteiger partial charge in [0.1, 0.15) is 5.75 Å². The molecule has 0 bridgehead atoms. The smallest absolute Gasteiger partial charge is 0.175 e. The van der Waals surface area contributed by atoms with E-state index in [1.54, 1.807) is 7.11 Å². The Morgan fingerprint density at radius 2 is 2.07 bits per heavy atom. The second-order valence-electron chi connectivity index (χ2n) is 3.31. The lowest BCUT2D eigenvalue weighted by Gasteiger charge is -2.03. The Bertz CT molecular complexity index is 527. The molecule has 3 nitrogen and oxygen atoms in total. The summed E-state index contributed by atoms with van der Waals surface area (Å²) >= 11 is 5.04. The van der Waals surface area contributed by atoms with Crippen molar-refractivity contribution in [3.63, 3.8) is 0 Å². The molecule has 78 valence electrons. The second kappa shape index (κ2) is 3.90. The molecule has 0 aliphatic carbocycles. The van der Waals surface area contributed by atoms with Crippen molar-refractivity contribution in [1.29, 1.82) is 0 Å². The van der Waals surface area contributed by atoms with E-state index >= 15 is 0 Å². The number of ether oxygens (including phenoxy) is 1.